The van der Waals surface area contributed by atoms with Crippen LogP contribution in [0, 0.1) is 5.82 Å². The van der Waals surface area contributed by atoms with Crippen LogP contribution in [0.4, 0.5) is 10.1 Å². The number of halogens is 2. The fourth-order valence-electron chi connectivity index (χ4n) is 4.24. The zero-order valence-electron chi connectivity index (χ0n) is 18.5. The highest BCUT2D eigenvalue weighted by Crippen LogP contribution is 2.33. The number of ether oxygens (including phenoxy) is 1. The van der Waals surface area contributed by atoms with Crippen LogP contribution >= 0.6 is 11.6 Å². The third kappa shape index (κ3) is 3.92. The topological polar surface area (TPSA) is 102 Å². The van der Waals surface area contributed by atoms with Gasteiger partial charge in [-0.2, -0.15) is 10.1 Å². The molecule has 4 aromatic rings. The molecule has 1 aromatic carbocycles. The summed E-state index contributed by atoms with van der Waals surface area (Å²) in [5.41, 5.74) is 2.12. The Balaban J connectivity index is 1.34. The van der Waals surface area contributed by atoms with Crippen LogP contribution in [-0.2, 0) is 11.3 Å². The molecule has 4 heterocycles. The zero-order chi connectivity index (χ0) is 23.8. The van der Waals surface area contributed by atoms with Crippen molar-refractivity contribution in [1.82, 2.24) is 29.8 Å². The van der Waals surface area contributed by atoms with E-state index in [1.54, 1.807) is 27.9 Å². The number of hydrogen-bond acceptors (Lipinski definition) is 8. The van der Waals surface area contributed by atoms with Crippen LogP contribution in [0.5, 0.6) is 5.75 Å². The number of piperazine rings is 1. The minimum absolute atomic E-state index is 0.0213. The SMILES string of the molecule is COc1cc(N2CCN(C(=O)Cn3nc(-c4ncon4)c4ncccc43)[C@@H](C)C2)c(F)cc1Cl. The van der Waals surface area contributed by atoms with Gasteiger partial charge in [-0.3, -0.25) is 14.5 Å². The van der Waals surface area contributed by atoms with Crippen molar-refractivity contribution in [2.45, 2.75) is 19.5 Å². The maximum absolute atomic E-state index is 14.6. The van der Waals surface area contributed by atoms with E-state index in [2.05, 4.69) is 20.2 Å². The van der Waals surface area contributed by atoms with E-state index in [4.69, 9.17) is 20.9 Å². The standard InChI is InChI=1S/C22H21ClFN7O3/c1-13-10-29(17-9-18(33-2)14(23)8-15(17)24)6-7-30(13)19(32)11-31-16-4-3-5-25-20(16)21(27-31)22-26-12-34-28-22/h3-5,8-9,12-13H,6-7,10-11H2,1-2H3/t13-/m0/s1. The number of carbonyl (C=O) groups excluding carboxylic acids is 1. The number of methoxy groups -OCH3 is 1. The van der Waals surface area contributed by atoms with E-state index in [0.717, 1.165) is 0 Å². The van der Waals surface area contributed by atoms with Crippen molar-refractivity contribution in [3.8, 4) is 17.3 Å². The molecule has 1 saturated heterocycles. The van der Waals surface area contributed by atoms with Crippen LogP contribution in [0.3, 0.4) is 0 Å². The molecular weight excluding hydrogens is 465 g/mol. The van der Waals surface area contributed by atoms with Crippen molar-refractivity contribution < 1.29 is 18.4 Å². The van der Waals surface area contributed by atoms with Gasteiger partial charge in [-0.25, -0.2) is 4.39 Å². The van der Waals surface area contributed by atoms with Crippen molar-refractivity contribution >= 4 is 34.2 Å². The number of anilines is 1. The van der Waals surface area contributed by atoms with Crippen molar-refractivity contribution in [1.29, 1.82) is 0 Å². The van der Waals surface area contributed by atoms with Crippen molar-refractivity contribution in [3.05, 3.63) is 47.7 Å². The number of amides is 1. The minimum Gasteiger partial charge on any atom is -0.495 e. The Bertz CT molecular complexity index is 1340. The zero-order valence-corrected chi connectivity index (χ0v) is 19.2. The average Bonchev–Trinajstić information content (AvgIpc) is 3.48. The maximum atomic E-state index is 14.6. The van der Waals surface area contributed by atoms with Gasteiger partial charge in [0.15, 0.2) is 5.69 Å². The second kappa shape index (κ2) is 8.90. The number of aromatic nitrogens is 5. The van der Waals surface area contributed by atoms with Gasteiger partial charge in [0.25, 0.3) is 0 Å². The van der Waals surface area contributed by atoms with Gasteiger partial charge < -0.3 is 19.1 Å². The largest absolute Gasteiger partial charge is 0.495 e. The van der Waals surface area contributed by atoms with E-state index in [1.165, 1.54) is 19.6 Å². The van der Waals surface area contributed by atoms with Crippen molar-refractivity contribution in [2.75, 3.05) is 31.6 Å². The fraction of sp³-hybridized carbons (Fsp3) is 0.318. The van der Waals surface area contributed by atoms with E-state index in [0.29, 0.717) is 53.6 Å². The van der Waals surface area contributed by atoms with Crippen LogP contribution < -0.4 is 9.64 Å². The Labute approximate surface area is 198 Å². The van der Waals surface area contributed by atoms with Gasteiger partial charge in [0.05, 0.1) is 23.3 Å². The third-order valence-electron chi connectivity index (χ3n) is 5.88. The number of carbonyl (C=O) groups is 1. The van der Waals surface area contributed by atoms with Gasteiger partial charge in [-0.1, -0.05) is 16.8 Å². The lowest BCUT2D eigenvalue weighted by atomic mass is 10.1. The molecule has 1 aliphatic rings. The lowest BCUT2D eigenvalue weighted by Gasteiger charge is -2.41. The Morgan fingerprint density at radius 1 is 1.32 bits per heavy atom. The molecule has 1 fully saturated rings. The highest BCUT2D eigenvalue weighted by atomic mass is 35.5. The summed E-state index contributed by atoms with van der Waals surface area (Å²) >= 11 is 6.02. The number of pyridine rings is 1. The molecule has 12 heteroatoms. The highest BCUT2D eigenvalue weighted by Gasteiger charge is 2.30. The smallest absolute Gasteiger partial charge is 0.244 e. The summed E-state index contributed by atoms with van der Waals surface area (Å²) in [7, 11) is 1.49. The van der Waals surface area contributed by atoms with Gasteiger partial charge in [0.1, 0.15) is 23.6 Å². The first-order valence-corrected chi connectivity index (χ1v) is 11.0. The lowest BCUT2D eigenvalue weighted by molar-refractivity contribution is -0.134. The predicted molar refractivity (Wildman–Crippen MR) is 122 cm³/mol. The average molecular weight is 486 g/mol. The molecule has 176 valence electrons. The first-order valence-electron chi connectivity index (χ1n) is 10.6. The molecule has 34 heavy (non-hydrogen) atoms. The first-order chi connectivity index (χ1) is 16.5. The summed E-state index contributed by atoms with van der Waals surface area (Å²) < 4.78 is 26.3. The number of rotatable bonds is 5. The molecule has 0 spiro atoms. The molecule has 1 amide bonds. The molecule has 0 aliphatic carbocycles. The second-order valence-electron chi connectivity index (χ2n) is 7.95. The van der Waals surface area contributed by atoms with E-state index in [9.17, 15) is 9.18 Å². The van der Waals surface area contributed by atoms with Crippen LogP contribution in [0.25, 0.3) is 22.6 Å². The van der Waals surface area contributed by atoms with Gasteiger partial charge in [0.2, 0.25) is 18.1 Å². The van der Waals surface area contributed by atoms with Crippen LogP contribution in [0.1, 0.15) is 6.92 Å². The molecule has 0 unspecified atom stereocenters. The first kappa shape index (κ1) is 22.1. The van der Waals surface area contributed by atoms with Gasteiger partial charge in [-0.05, 0) is 25.1 Å². The molecular formula is C22H21ClFN7O3. The third-order valence-corrected chi connectivity index (χ3v) is 6.17. The fourth-order valence-corrected chi connectivity index (χ4v) is 4.47. The Kier molecular flexibility index (Phi) is 5.78. The summed E-state index contributed by atoms with van der Waals surface area (Å²) in [6.45, 7) is 3.31. The minimum atomic E-state index is -0.428. The van der Waals surface area contributed by atoms with Gasteiger partial charge in [-0.15, -0.1) is 0 Å². The van der Waals surface area contributed by atoms with E-state index in [-0.39, 0.29) is 23.5 Å². The molecule has 1 atom stereocenters. The quantitative estimate of drug-likeness (QED) is 0.425. The number of hydrogen-bond donors (Lipinski definition) is 0. The molecule has 3 aromatic heterocycles. The number of fused-ring (bicyclic) bond motifs is 1. The van der Waals surface area contributed by atoms with Crippen molar-refractivity contribution in [2.24, 2.45) is 0 Å². The summed E-state index contributed by atoms with van der Waals surface area (Å²) in [6.07, 6.45) is 2.86. The maximum Gasteiger partial charge on any atom is 0.244 e. The molecule has 0 saturated carbocycles. The van der Waals surface area contributed by atoms with E-state index < -0.39 is 5.82 Å². The van der Waals surface area contributed by atoms with Crippen molar-refractivity contribution in [3.63, 3.8) is 0 Å². The Hall–Kier alpha value is -3.73. The summed E-state index contributed by atoms with van der Waals surface area (Å²) in [4.78, 5) is 25.3. The normalized spacial score (nSPS) is 16.3. The second-order valence-corrected chi connectivity index (χ2v) is 8.36. The number of benzene rings is 1. The lowest BCUT2D eigenvalue weighted by Crippen LogP contribution is -2.55. The van der Waals surface area contributed by atoms with Crippen LogP contribution in [0.2, 0.25) is 5.02 Å². The van der Waals surface area contributed by atoms with Crippen LogP contribution in [-0.4, -0.2) is 68.5 Å². The van der Waals surface area contributed by atoms with Gasteiger partial charge >= 0.3 is 0 Å². The number of nitrogens with zero attached hydrogens (tertiary/aromatic N) is 7. The summed E-state index contributed by atoms with van der Waals surface area (Å²) in [6, 6.07) is 6.30. The molecule has 1 aliphatic heterocycles. The van der Waals surface area contributed by atoms with E-state index in [1.807, 2.05) is 17.9 Å². The molecule has 0 radical (unpaired) electrons. The monoisotopic (exact) mass is 485 g/mol. The predicted octanol–water partition coefficient (Wildman–Crippen LogP) is 3.02. The highest BCUT2D eigenvalue weighted by molar-refractivity contribution is 6.32. The molecule has 10 nitrogen and oxygen atoms in total. The Morgan fingerprint density at radius 2 is 2.18 bits per heavy atom. The summed E-state index contributed by atoms with van der Waals surface area (Å²) in [5.74, 6) is 0.176. The van der Waals surface area contributed by atoms with Gasteiger partial charge in [0, 0.05) is 37.9 Å². The molecule has 0 bridgehead atoms. The van der Waals surface area contributed by atoms with E-state index >= 15 is 0 Å². The molecule has 0 N–H and O–H groups in total. The molecule has 5 rings (SSSR count). The van der Waals surface area contributed by atoms with Crippen LogP contribution in [0.15, 0.2) is 41.4 Å². The Morgan fingerprint density at radius 3 is 2.91 bits per heavy atom. The summed E-state index contributed by atoms with van der Waals surface area (Å²) in [5, 5.41) is 8.59.